The number of aliphatic hydroxyl groups excluding tert-OH is 1. The largest absolute Gasteiger partial charge is 0.386 e. The average molecular weight is 269 g/mol. The lowest BCUT2D eigenvalue weighted by Crippen LogP contribution is -2.24. The second kappa shape index (κ2) is 4.94. The molecule has 0 radical (unpaired) electrons. The highest BCUT2D eigenvalue weighted by molar-refractivity contribution is 5.35. The Morgan fingerprint density at radius 2 is 1.95 bits per heavy atom. The predicted molar refractivity (Wildman–Crippen MR) is 75.6 cm³/mol. The first-order valence-corrected chi connectivity index (χ1v) is 6.44. The van der Waals surface area contributed by atoms with Gasteiger partial charge < -0.3 is 5.11 Å². The van der Waals surface area contributed by atoms with Gasteiger partial charge in [0.1, 0.15) is 0 Å². The summed E-state index contributed by atoms with van der Waals surface area (Å²) < 4.78 is 2.76. The smallest absolute Gasteiger partial charge is 0.350 e. The van der Waals surface area contributed by atoms with Crippen molar-refractivity contribution in [3.05, 3.63) is 70.3 Å². The van der Waals surface area contributed by atoms with Crippen LogP contribution in [0, 0.1) is 6.92 Å². The Balaban J connectivity index is 1.96. The van der Waals surface area contributed by atoms with E-state index in [1.807, 2.05) is 37.3 Å². The van der Waals surface area contributed by atoms with Crippen molar-refractivity contribution in [2.75, 3.05) is 0 Å². The van der Waals surface area contributed by atoms with Gasteiger partial charge >= 0.3 is 5.69 Å². The molecule has 0 aliphatic heterocycles. The number of hydrogen-bond acceptors (Lipinski definition) is 3. The molecule has 102 valence electrons. The molecule has 1 aromatic carbocycles. The van der Waals surface area contributed by atoms with Crippen LogP contribution in [0.5, 0.6) is 0 Å². The number of aromatic nitrogens is 3. The lowest BCUT2D eigenvalue weighted by molar-refractivity contribution is 0.149. The standard InChI is InChI=1S/C15H15N3O2/c1-11-6-2-3-7-12(11)13(19)10-18-15(20)17-9-5-4-8-14(17)16-18/h2-9,13,19H,10H2,1H3. The number of fused-ring (bicyclic) bond motifs is 1. The first-order valence-electron chi connectivity index (χ1n) is 6.44. The SMILES string of the molecule is Cc1ccccc1C(O)Cn1nc2ccccn2c1=O. The number of nitrogens with zero attached hydrogens (tertiary/aromatic N) is 3. The van der Waals surface area contributed by atoms with Crippen molar-refractivity contribution in [2.24, 2.45) is 0 Å². The van der Waals surface area contributed by atoms with Gasteiger partial charge in [-0.05, 0) is 30.2 Å². The summed E-state index contributed by atoms with van der Waals surface area (Å²) in [4.78, 5) is 12.1. The predicted octanol–water partition coefficient (Wildman–Crippen LogP) is 1.54. The van der Waals surface area contributed by atoms with Crippen LogP contribution in [0.3, 0.4) is 0 Å². The molecule has 0 saturated heterocycles. The Kier molecular flexibility index (Phi) is 3.12. The molecule has 5 nitrogen and oxygen atoms in total. The average Bonchev–Trinajstić information content (AvgIpc) is 2.76. The summed E-state index contributed by atoms with van der Waals surface area (Å²) in [7, 11) is 0. The normalized spacial score (nSPS) is 12.7. The summed E-state index contributed by atoms with van der Waals surface area (Å²) >= 11 is 0. The molecule has 2 heterocycles. The fourth-order valence-electron chi connectivity index (χ4n) is 2.31. The van der Waals surface area contributed by atoms with E-state index in [0.717, 1.165) is 11.1 Å². The Morgan fingerprint density at radius 1 is 1.20 bits per heavy atom. The van der Waals surface area contributed by atoms with Crippen molar-refractivity contribution in [1.29, 1.82) is 0 Å². The molecule has 5 heteroatoms. The van der Waals surface area contributed by atoms with Gasteiger partial charge in [0.2, 0.25) is 0 Å². The Labute approximate surface area is 115 Å². The van der Waals surface area contributed by atoms with Crippen molar-refractivity contribution in [3.63, 3.8) is 0 Å². The van der Waals surface area contributed by atoms with E-state index in [0.29, 0.717) is 5.65 Å². The van der Waals surface area contributed by atoms with E-state index in [4.69, 9.17) is 0 Å². The van der Waals surface area contributed by atoms with Gasteiger partial charge in [-0.2, -0.15) is 0 Å². The van der Waals surface area contributed by atoms with Crippen LogP contribution < -0.4 is 5.69 Å². The molecule has 1 N–H and O–H groups in total. The fraction of sp³-hybridized carbons (Fsp3) is 0.200. The van der Waals surface area contributed by atoms with E-state index in [9.17, 15) is 9.90 Å². The molecule has 0 fully saturated rings. The van der Waals surface area contributed by atoms with Crippen LogP contribution in [-0.2, 0) is 6.54 Å². The lowest BCUT2D eigenvalue weighted by atomic mass is 10.0. The molecule has 0 saturated carbocycles. The van der Waals surface area contributed by atoms with E-state index in [1.165, 1.54) is 9.08 Å². The third kappa shape index (κ3) is 2.12. The topological polar surface area (TPSA) is 59.5 Å². The zero-order chi connectivity index (χ0) is 14.1. The summed E-state index contributed by atoms with van der Waals surface area (Å²) in [6.07, 6.45) is 0.917. The summed E-state index contributed by atoms with van der Waals surface area (Å²) in [6, 6.07) is 13.0. The molecular formula is C15H15N3O2. The van der Waals surface area contributed by atoms with E-state index in [1.54, 1.807) is 18.3 Å². The van der Waals surface area contributed by atoms with E-state index in [2.05, 4.69) is 5.10 Å². The zero-order valence-electron chi connectivity index (χ0n) is 11.1. The van der Waals surface area contributed by atoms with Crippen molar-refractivity contribution in [3.8, 4) is 0 Å². The van der Waals surface area contributed by atoms with Gasteiger partial charge in [0.05, 0.1) is 12.6 Å². The van der Waals surface area contributed by atoms with Gasteiger partial charge in [-0.25, -0.2) is 9.48 Å². The molecule has 0 spiro atoms. The lowest BCUT2D eigenvalue weighted by Gasteiger charge is -2.12. The minimum atomic E-state index is -0.751. The number of aryl methyl sites for hydroxylation is 1. The minimum absolute atomic E-state index is 0.144. The van der Waals surface area contributed by atoms with Gasteiger partial charge in [-0.15, -0.1) is 5.10 Å². The Bertz CT molecular complexity index is 804. The van der Waals surface area contributed by atoms with Crippen LogP contribution in [0.15, 0.2) is 53.5 Å². The van der Waals surface area contributed by atoms with Crippen molar-refractivity contribution < 1.29 is 5.11 Å². The highest BCUT2D eigenvalue weighted by Gasteiger charge is 2.14. The van der Waals surface area contributed by atoms with Crippen molar-refractivity contribution in [1.82, 2.24) is 14.2 Å². The van der Waals surface area contributed by atoms with Crippen LogP contribution in [-0.4, -0.2) is 19.3 Å². The van der Waals surface area contributed by atoms with Crippen LogP contribution in [0.2, 0.25) is 0 Å². The highest BCUT2D eigenvalue weighted by Crippen LogP contribution is 2.18. The molecule has 3 rings (SSSR count). The molecule has 0 aliphatic carbocycles. The molecule has 0 aliphatic rings. The van der Waals surface area contributed by atoms with Crippen LogP contribution >= 0.6 is 0 Å². The number of aliphatic hydroxyl groups is 1. The zero-order valence-corrected chi connectivity index (χ0v) is 11.1. The molecule has 1 unspecified atom stereocenters. The molecule has 2 aromatic heterocycles. The number of benzene rings is 1. The van der Waals surface area contributed by atoms with Gasteiger partial charge in [0, 0.05) is 6.20 Å². The molecular weight excluding hydrogens is 254 g/mol. The van der Waals surface area contributed by atoms with Gasteiger partial charge in [0.25, 0.3) is 0 Å². The first-order chi connectivity index (χ1) is 9.66. The number of hydrogen-bond donors (Lipinski definition) is 1. The number of pyridine rings is 1. The quantitative estimate of drug-likeness (QED) is 0.784. The van der Waals surface area contributed by atoms with Crippen LogP contribution in [0.1, 0.15) is 17.2 Å². The third-order valence-electron chi connectivity index (χ3n) is 3.38. The van der Waals surface area contributed by atoms with Gasteiger partial charge in [-0.3, -0.25) is 4.40 Å². The summed E-state index contributed by atoms with van der Waals surface area (Å²) in [5.41, 5.74) is 2.15. The summed E-state index contributed by atoms with van der Waals surface area (Å²) in [5.74, 6) is 0. The van der Waals surface area contributed by atoms with Gasteiger partial charge in [-0.1, -0.05) is 30.3 Å². The third-order valence-corrected chi connectivity index (χ3v) is 3.38. The fourth-order valence-corrected chi connectivity index (χ4v) is 2.31. The second-order valence-electron chi connectivity index (χ2n) is 4.77. The van der Waals surface area contributed by atoms with E-state index in [-0.39, 0.29) is 12.2 Å². The van der Waals surface area contributed by atoms with Crippen LogP contribution in [0.25, 0.3) is 5.65 Å². The maximum absolute atomic E-state index is 12.1. The monoisotopic (exact) mass is 269 g/mol. The van der Waals surface area contributed by atoms with Crippen molar-refractivity contribution >= 4 is 5.65 Å². The molecule has 3 aromatic rings. The van der Waals surface area contributed by atoms with E-state index < -0.39 is 6.10 Å². The summed E-state index contributed by atoms with van der Waals surface area (Å²) in [6.45, 7) is 2.08. The van der Waals surface area contributed by atoms with Gasteiger partial charge in [0.15, 0.2) is 5.65 Å². The molecule has 0 amide bonds. The second-order valence-corrected chi connectivity index (χ2v) is 4.77. The molecule has 20 heavy (non-hydrogen) atoms. The Hall–Kier alpha value is -2.40. The van der Waals surface area contributed by atoms with Crippen LogP contribution in [0.4, 0.5) is 0 Å². The summed E-state index contributed by atoms with van der Waals surface area (Å²) in [5, 5.41) is 14.5. The number of rotatable bonds is 3. The van der Waals surface area contributed by atoms with Crippen molar-refractivity contribution in [2.45, 2.75) is 19.6 Å². The maximum Gasteiger partial charge on any atom is 0.350 e. The first kappa shape index (κ1) is 12.6. The minimum Gasteiger partial charge on any atom is -0.386 e. The maximum atomic E-state index is 12.1. The Morgan fingerprint density at radius 3 is 2.70 bits per heavy atom. The molecule has 0 bridgehead atoms. The molecule has 1 atom stereocenters. The highest BCUT2D eigenvalue weighted by atomic mass is 16.3. The van der Waals surface area contributed by atoms with E-state index >= 15 is 0 Å².